The van der Waals surface area contributed by atoms with Gasteiger partial charge in [-0.3, -0.25) is 10.1 Å². The van der Waals surface area contributed by atoms with Crippen LogP contribution in [-0.4, -0.2) is 26.0 Å². The summed E-state index contributed by atoms with van der Waals surface area (Å²) in [6.07, 6.45) is 1.62. The van der Waals surface area contributed by atoms with Crippen LogP contribution in [0.25, 0.3) is 11.4 Å². The number of nitrogens with one attached hydrogen (secondary N) is 1. The van der Waals surface area contributed by atoms with Crippen LogP contribution in [0.15, 0.2) is 77.9 Å². The molecule has 0 radical (unpaired) electrons. The first-order valence-electron chi connectivity index (χ1n) is 9.44. The number of aromatic nitrogens is 3. The number of nitro benzene ring substituents is 1. The van der Waals surface area contributed by atoms with E-state index in [1.54, 1.807) is 36.5 Å². The van der Waals surface area contributed by atoms with Crippen LogP contribution in [0, 0.1) is 14.9 Å². The average Bonchev–Trinajstić information content (AvgIpc) is 3.18. The standard InChI is InChI=1S/C22H16ClN5O3S/c23-19-12-15(9-10-20(19)31-14-16-5-4-8-18(11-16)28(29)30)13-24-27-21(25-26-22(27)32)17-6-2-1-3-7-17/h1-13H,14H2,(H,26,32)/b24-13-. The van der Waals surface area contributed by atoms with Crippen LogP contribution < -0.4 is 4.74 Å². The molecule has 4 rings (SSSR count). The molecule has 0 aliphatic heterocycles. The van der Waals surface area contributed by atoms with E-state index >= 15 is 0 Å². The number of nitro groups is 1. The number of halogens is 1. The van der Waals surface area contributed by atoms with Crippen molar-refractivity contribution in [2.75, 3.05) is 0 Å². The quantitative estimate of drug-likeness (QED) is 0.165. The Balaban J connectivity index is 1.49. The van der Waals surface area contributed by atoms with Crippen molar-refractivity contribution in [3.63, 3.8) is 0 Å². The SMILES string of the molecule is O=[N+]([O-])c1cccc(COc2ccc(/C=N\n3c(-c4ccccc4)n[nH]c3=S)cc2Cl)c1. The third-order valence-electron chi connectivity index (χ3n) is 4.48. The summed E-state index contributed by atoms with van der Waals surface area (Å²) in [4.78, 5) is 10.5. The Morgan fingerprint density at radius 2 is 1.97 bits per heavy atom. The van der Waals surface area contributed by atoms with Gasteiger partial charge < -0.3 is 4.74 Å². The molecule has 0 atom stereocenters. The Morgan fingerprint density at radius 1 is 1.16 bits per heavy atom. The topological polar surface area (TPSA) is 98.3 Å². The molecule has 0 spiro atoms. The summed E-state index contributed by atoms with van der Waals surface area (Å²) in [6, 6.07) is 21.1. The average molecular weight is 466 g/mol. The minimum absolute atomic E-state index is 0.0106. The molecule has 0 aliphatic carbocycles. The maximum Gasteiger partial charge on any atom is 0.269 e. The van der Waals surface area contributed by atoms with Crippen molar-refractivity contribution in [3.8, 4) is 17.1 Å². The summed E-state index contributed by atoms with van der Waals surface area (Å²) < 4.78 is 7.62. The van der Waals surface area contributed by atoms with Gasteiger partial charge in [-0.25, -0.2) is 5.10 Å². The van der Waals surface area contributed by atoms with Crippen molar-refractivity contribution in [3.05, 3.63) is 104 Å². The zero-order valence-electron chi connectivity index (χ0n) is 16.5. The van der Waals surface area contributed by atoms with Crippen LogP contribution in [-0.2, 0) is 6.61 Å². The second kappa shape index (κ2) is 9.54. The van der Waals surface area contributed by atoms with Gasteiger partial charge in [0.15, 0.2) is 5.82 Å². The van der Waals surface area contributed by atoms with Crippen molar-refractivity contribution in [2.24, 2.45) is 5.10 Å². The van der Waals surface area contributed by atoms with Crippen LogP contribution in [0.4, 0.5) is 5.69 Å². The summed E-state index contributed by atoms with van der Waals surface area (Å²) in [7, 11) is 0. The number of hydrogen-bond acceptors (Lipinski definition) is 6. The van der Waals surface area contributed by atoms with Crippen molar-refractivity contribution in [1.29, 1.82) is 0 Å². The summed E-state index contributed by atoms with van der Waals surface area (Å²) in [5, 5.41) is 22.7. The first kappa shape index (κ1) is 21.4. The minimum Gasteiger partial charge on any atom is -0.487 e. The Kier molecular flexibility index (Phi) is 6.39. The highest BCUT2D eigenvalue weighted by molar-refractivity contribution is 7.71. The van der Waals surface area contributed by atoms with Gasteiger partial charge in [0, 0.05) is 17.7 Å². The van der Waals surface area contributed by atoms with E-state index in [-0.39, 0.29) is 12.3 Å². The molecule has 1 aromatic heterocycles. The molecule has 8 nitrogen and oxygen atoms in total. The van der Waals surface area contributed by atoms with Crippen LogP contribution in [0.1, 0.15) is 11.1 Å². The lowest BCUT2D eigenvalue weighted by atomic mass is 10.2. The van der Waals surface area contributed by atoms with E-state index in [0.29, 0.717) is 26.9 Å². The lowest BCUT2D eigenvalue weighted by molar-refractivity contribution is -0.384. The van der Waals surface area contributed by atoms with Gasteiger partial charge >= 0.3 is 0 Å². The first-order valence-corrected chi connectivity index (χ1v) is 10.2. The number of aromatic amines is 1. The van der Waals surface area contributed by atoms with Crippen molar-refractivity contribution in [2.45, 2.75) is 6.61 Å². The van der Waals surface area contributed by atoms with Gasteiger partial charge in [0.1, 0.15) is 12.4 Å². The molecule has 0 saturated carbocycles. The maximum absolute atomic E-state index is 10.9. The lowest BCUT2D eigenvalue weighted by Crippen LogP contribution is -1.98. The fourth-order valence-corrected chi connectivity index (χ4v) is 3.36. The minimum atomic E-state index is -0.444. The Bertz CT molecular complexity index is 1350. The van der Waals surface area contributed by atoms with Crippen LogP contribution >= 0.6 is 23.8 Å². The normalized spacial score (nSPS) is 11.0. The van der Waals surface area contributed by atoms with Crippen molar-refractivity contribution < 1.29 is 9.66 Å². The maximum atomic E-state index is 10.9. The molecule has 0 aliphatic rings. The summed E-state index contributed by atoms with van der Waals surface area (Å²) >= 11 is 11.6. The van der Waals surface area contributed by atoms with Gasteiger partial charge in [-0.15, -0.1) is 0 Å². The van der Waals surface area contributed by atoms with Gasteiger partial charge in [0.2, 0.25) is 4.77 Å². The van der Waals surface area contributed by atoms with Crippen LogP contribution in [0.5, 0.6) is 5.75 Å². The smallest absolute Gasteiger partial charge is 0.269 e. The molecule has 160 valence electrons. The molecule has 10 heteroatoms. The van der Waals surface area contributed by atoms with E-state index in [9.17, 15) is 10.1 Å². The Hall–Kier alpha value is -3.82. The zero-order chi connectivity index (χ0) is 22.5. The molecule has 4 aromatic rings. The fourth-order valence-electron chi connectivity index (χ4n) is 2.93. The molecule has 1 heterocycles. The third kappa shape index (κ3) is 4.90. The predicted molar refractivity (Wildman–Crippen MR) is 125 cm³/mol. The van der Waals surface area contributed by atoms with E-state index in [1.165, 1.54) is 16.8 Å². The first-order chi connectivity index (χ1) is 15.5. The van der Waals surface area contributed by atoms with E-state index in [4.69, 9.17) is 28.6 Å². The van der Waals surface area contributed by atoms with Gasteiger partial charge in [-0.2, -0.15) is 14.9 Å². The number of H-pyrrole nitrogens is 1. The second-order valence-corrected chi connectivity index (χ2v) is 7.47. The molecule has 0 amide bonds. The Morgan fingerprint density at radius 3 is 2.72 bits per heavy atom. The van der Waals surface area contributed by atoms with E-state index in [1.807, 2.05) is 30.3 Å². The molecular weight excluding hydrogens is 450 g/mol. The summed E-state index contributed by atoms with van der Waals surface area (Å²) in [5.41, 5.74) is 2.29. The molecule has 3 aromatic carbocycles. The van der Waals surface area contributed by atoms with Crippen molar-refractivity contribution >= 4 is 35.7 Å². The molecule has 32 heavy (non-hydrogen) atoms. The fraction of sp³-hybridized carbons (Fsp3) is 0.0455. The zero-order valence-corrected chi connectivity index (χ0v) is 18.1. The lowest BCUT2D eigenvalue weighted by Gasteiger charge is -2.08. The van der Waals surface area contributed by atoms with Crippen LogP contribution in [0.3, 0.4) is 0 Å². The molecule has 0 fully saturated rings. The van der Waals surface area contributed by atoms with Crippen LogP contribution in [0.2, 0.25) is 5.02 Å². The van der Waals surface area contributed by atoms with E-state index in [0.717, 1.165) is 11.1 Å². The van der Waals surface area contributed by atoms with Crippen molar-refractivity contribution in [1.82, 2.24) is 14.9 Å². The number of hydrogen-bond donors (Lipinski definition) is 1. The van der Waals surface area contributed by atoms with Gasteiger partial charge in [-0.05, 0) is 41.5 Å². The highest BCUT2D eigenvalue weighted by Crippen LogP contribution is 2.26. The number of rotatable bonds is 7. The Labute approximate surface area is 192 Å². The molecule has 0 bridgehead atoms. The molecule has 1 N–H and O–H groups in total. The molecule has 0 saturated heterocycles. The third-order valence-corrected chi connectivity index (χ3v) is 5.04. The second-order valence-electron chi connectivity index (χ2n) is 6.68. The molecule has 0 unspecified atom stereocenters. The highest BCUT2D eigenvalue weighted by atomic mass is 35.5. The highest BCUT2D eigenvalue weighted by Gasteiger charge is 2.09. The van der Waals surface area contributed by atoms with Gasteiger partial charge in [-0.1, -0.05) is 54.1 Å². The predicted octanol–water partition coefficient (Wildman–Crippen LogP) is 5.63. The number of benzene rings is 3. The van der Waals surface area contributed by atoms with E-state index in [2.05, 4.69) is 15.3 Å². The number of nitrogens with zero attached hydrogens (tertiary/aromatic N) is 4. The van der Waals surface area contributed by atoms with E-state index < -0.39 is 4.92 Å². The number of non-ortho nitro benzene ring substituents is 1. The molecular formula is C22H16ClN5O3S. The monoisotopic (exact) mass is 465 g/mol. The van der Waals surface area contributed by atoms with Gasteiger partial charge in [0.05, 0.1) is 16.2 Å². The largest absolute Gasteiger partial charge is 0.487 e. The summed E-state index contributed by atoms with van der Waals surface area (Å²) in [6.45, 7) is 0.152. The summed E-state index contributed by atoms with van der Waals surface area (Å²) in [5.74, 6) is 1.05. The van der Waals surface area contributed by atoms with Gasteiger partial charge in [0.25, 0.3) is 5.69 Å². The number of ether oxygens (including phenoxy) is 1.